The third-order valence-corrected chi connectivity index (χ3v) is 4.27. The molecule has 94 valence electrons. The number of morpholine rings is 1. The molecule has 0 N–H and O–H groups in total. The molecule has 2 saturated heterocycles. The van der Waals surface area contributed by atoms with Crippen LogP contribution in [0.4, 0.5) is 0 Å². The van der Waals surface area contributed by atoms with E-state index in [2.05, 4.69) is 34.7 Å². The summed E-state index contributed by atoms with van der Waals surface area (Å²) in [6.45, 7) is 8.18. The maximum absolute atomic E-state index is 6.05. The van der Waals surface area contributed by atoms with Crippen molar-refractivity contribution in [3.63, 3.8) is 0 Å². The lowest BCUT2D eigenvalue weighted by Crippen LogP contribution is -2.49. The summed E-state index contributed by atoms with van der Waals surface area (Å²) >= 11 is 3.56. The van der Waals surface area contributed by atoms with Crippen molar-refractivity contribution < 1.29 is 9.47 Å². The van der Waals surface area contributed by atoms with Gasteiger partial charge in [-0.3, -0.25) is 4.90 Å². The van der Waals surface area contributed by atoms with Gasteiger partial charge in [-0.15, -0.1) is 0 Å². The van der Waals surface area contributed by atoms with E-state index in [0.717, 1.165) is 31.6 Å². The molecule has 2 fully saturated rings. The average Bonchev–Trinajstić information content (AvgIpc) is 2.59. The predicted octanol–water partition coefficient (Wildman–Crippen LogP) is 2.04. The molecule has 2 heterocycles. The van der Waals surface area contributed by atoms with Crippen LogP contribution in [0.3, 0.4) is 0 Å². The minimum atomic E-state index is 0.0842. The average molecular weight is 292 g/mol. The normalized spacial score (nSPS) is 35.4. The second-order valence-electron chi connectivity index (χ2n) is 5.42. The quantitative estimate of drug-likeness (QED) is 0.743. The van der Waals surface area contributed by atoms with Gasteiger partial charge in [0.25, 0.3) is 0 Å². The van der Waals surface area contributed by atoms with Crippen LogP contribution in [0.15, 0.2) is 0 Å². The van der Waals surface area contributed by atoms with Crippen molar-refractivity contribution in [2.45, 2.75) is 44.4 Å². The van der Waals surface area contributed by atoms with E-state index in [1.54, 1.807) is 0 Å². The van der Waals surface area contributed by atoms with Crippen LogP contribution in [0.2, 0.25) is 0 Å². The van der Waals surface area contributed by atoms with E-state index in [9.17, 15) is 0 Å². The summed E-state index contributed by atoms with van der Waals surface area (Å²) in [4.78, 5) is 2.50. The van der Waals surface area contributed by atoms with Gasteiger partial charge in [-0.1, -0.05) is 15.9 Å². The van der Waals surface area contributed by atoms with Gasteiger partial charge in [0.2, 0.25) is 0 Å². The van der Waals surface area contributed by atoms with Crippen LogP contribution in [0.25, 0.3) is 0 Å². The molecule has 0 saturated carbocycles. The third kappa shape index (κ3) is 3.19. The first-order chi connectivity index (χ1) is 7.61. The first-order valence-electron chi connectivity index (χ1n) is 6.16. The highest BCUT2D eigenvalue weighted by molar-refractivity contribution is 9.09. The molecule has 0 bridgehead atoms. The highest BCUT2D eigenvalue weighted by atomic mass is 79.9. The zero-order chi connectivity index (χ0) is 11.6. The van der Waals surface area contributed by atoms with Gasteiger partial charge in [-0.25, -0.2) is 0 Å². The van der Waals surface area contributed by atoms with E-state index in [4.69, 9.17) is 9.47 Å². The number of hydrogen-bond acceptors (Lipinski definition) is 3. The fraction of sp³-hybridized carbons (Fsp3) is 1.00. The second kappa shape index (κ2) is 5.34. The van der Waals surface area contributed by atoms with Crippen LogP contribution in [0.5, 0.6) is 0 Å². The fourth-order valence-corrected chi connectivity index (χ4v) is 3.14. The molecular formula is C12H22BrNO2. The molecular weight excluding hydrogens is 270 g/mol. The van der Waals surface area contributed by atoms with E-state index < -0.39 is 0 Å². The van der Waals surface area contributed by atoms with Crippen LogP contribution in [0.1, 0.15) is 26.7 Å². The van der Waals surface area contributed by atoms with Crippen LogP contribution in [-0.4, -0.2) is 54.3 Å². The first-order valence-corrected chi connectivity index (χ1v) is 7.28. The molecule has 0 amide bonds. The summed E-state index contributed by atoms with van der Waals surface area (Å²) in [5.74, 6) is 0. The SMILES string of the molecule is CC1(C)CCC(CN2CCOCC2CBr)O1. The van der Waals surface area contributed by atoms with Gasteiger partial charge in [0.15, 0.2) is 0 Å². The van der Waals surface area contributed by atoms with Crippen molar-refractivity contribution in [1.29, 1.82) is 0 Å². The van der Waals surface area contributed by atoms with Gasteiger partial charge in [0.05, 0.1) is 24.9 Å². The lowest BCUT2D eigenvalue weighted by atomic mass is 10.1. The molecule has 3 nitrogen and oxygen atoms in total. The number of halogens is 1. The molecule has 0 aromatic rings. The summed E-state index contributed by atoms with van der Waals surface area (Å²) in [5.41, 5.74) is 0.0842. The van der Waals surface area contributed by atoms with Gasteiger partial charge in [0.1, 0.15) is 0 Å². The van der Waals surface area contributed by atoms with E-state index in [1.165, 1.54) is 12.8 Å². The van der Waals surface area contributed by atoms with Crippen LogP contribution in [0, 0.1) is 0 Å². The summed E-state index contributed by atoms with van der Waals surface area (Å²) < 4.78 is 11.5. The van der Waals surface area contributed by atoms with Gasteiger partial charge in [-0.2, -0.15) is 0 Å². The van der Waals surface area contributed by atoms with E-state index in [1.807, 2.05) is 0 Å². The molecule has 2 unspecified atom stereocenters. The van der Waals surface area contributed by atoms with Crippen LogP contribution < -0.4 is 0 Å². The first kappa shape index (κ1) is 12.8. The topological polar surface area (TPSA) is 21.7 Å². The maximum atomic E-state index is 6.05. The fourth-order valence-electron chi connectivity index (χ4n) is 2.54. The number of rotatable bonds is 3. The molecule has 2 aliphatic heterocycles. The summed E-state index contributed by atoms with van der Waals surface area (Å²) in [7, 11) is 0. The Balaban J connectivity index is 1.84. The Hall–Kier alpha value is 0.360. The molecule has 2 aliphatic rings. The Morgan fingerprint density at radius 1 is 1.44 bits per heavy atom. The molecule has 0 aromatic carbocycles. The highest BCUT2D eigenvalue weighted by Crippen LogP contribution is 2.30. The largest absolute Gasteiger partial charge is 0.378 e. The second-order valence-corrected chi connectivity index (χ2v) is 6.06. The molecule has 0 spiro atoms. The lowest BCUT2D eigenvalue weighted by molar-refractivity contribution is -0.0568. The molecule has 16 heavy (non-hydrogen) atoms. The highest BCUT2D eigenvalue weighted by Gasteiger charge is 2.34. The maximum Gasteiger partial charge on any atom is 0.0710 e. The van der Waals surface area contributed by atoms with Crippen molar-refractivity contribution >= 4 is 15.9 Å². The van der Waals surface area contributed by atoms with Gasteiger partial charge in [-0.05, 0) is 26.7 Å². The van der Waals surface area contributed by atoms with Crippen molar-refractivity contribution in [2.24, 2.45) is 0 Å². The van der Waals surface area contributed by atoms with Gasteiger partial charge < -0.3 is 9.47 Å². The van der Waals surface area contributed by atoms with Crippen LogP contribution >= 0.6 is 15.9 Å². The Morgan fingerprint density at radius 2 is 2.25 bits per heavy atom. The molecule has 0 aromatic heterocycles. The standard InChI is InChI=1S/C12H22BrNO2/c1-12(2)4-3-11(16-12)8-14-5-6-15-9-10(14)7-13/h10-11H,3-9H2,1-2H3. The summed E-state index contributed by atoms with van der Waals surface area (Å²) in [6, 6.07) is 0.515. The van der Waals surface area contributed by atoms with E-state index >= 15 is 0 Å². The Kier molecular flexibility index (Phi) is 4.27. The zero-order valence-electron chi connectivity index (χ0n) is 10.2. The lowest BCUT2D eigenvalue weighted by Gasteiger charge is -2.36. The monoisotopic (exact) mass is 291 g/mol. The predicted molar refractivity (Wildman–Crippen MR) is 68.2 cm³/mol. The number of nitrogens with zero attached hydrogens (tertiary/aromatic N) is 1. The molecule has 0 aliphatic carbocycles. The molecule has 0 radical (unpaired) electrons. The number of hydrogen-bond donors (Lipinski definition) is 0. The molecule has 2 atom stereocenters. The third-order valence-electron chi connectivity index (χ3n) is 3.52. The van der Waals surface area contributed by atoms with Crippen molar-refractivity contribution in [2.75, 3.05) is 31.6 Å². The molecule has 4 heteroatoms. The Bertz CT molecular complexity index is 235. The minimum absolute atomic E-state index is 0.0842. The molecule has 2 rings (SSSR count). The minimum Gasteiger partial charge on any atom is -0.378 e. The van der Waals surface area contributed by atoms with Gasteiger partial charge in [0, 0.05) is 24.5 Å². The van der Waals surface area contributed by atoms with E-state index in [-0.39, 0.29) is 5.60 Å². The van der Waals surface area contributed by atoms with Crippen molar-refractivity contribution in [3.8, 4) is 0 Å². The number of alkyl halides is 1. The Morgan fingerprint density at radius 3 is 2.88 bits per heavy atom. The number of ether oxygens (including phenoxy) is 2. The summed E-state index contributed by atoms with van der Waals surface area (Å²) in [5, 5.41) is 0.989. The Labute approximate surface area is 107 Å². The van der Waals surface area contributed by atoms with Crippen molar-refractivity contribution in [1.82, 2.24) is 4.90 Å². The van der Waals surface area contributed by atoms with E-state index in [0.29, 0.717) is 12.1 Å². The summed E-state index contributed by atoms with van der Waals surface area (Å²) in [6.07, 6.45) is 2.79. The van der Waals surface area contributed by atoms with Crippen LogP contribution in [-0.2, 0) is 9.47 Å². The zero-order valence-corrected chi connectivity index (χ0v) is 11.8. The van der Waals surface area contributed by atoms with Crippen molar-refractivity contribution in [3.05, 3.63) is 0 Å². The van der Waals surface area contributed by atoms with Gasteiger partial charge >= 0.3 is 0 Å². The smallest absolute Gasteiger partial charge is 0.0710 e.